The predicted molar refractivity (Wildman–Crippen MR) is 48.2 cm³/mol. The summed E-state index contributed by atoms with van der Waals surface area (Å²) in [6.45, 7) is 6.49. The molecule has 1 atom stereocenters. The highest BCUT2D eigenvalue weighted by Crippen LogP contribution is 2.11. The molecule has 0 aliphatic rings. The fourth-order valence-electron chi connectivity index (χ4n) is 0.836. The van der Waals surface area contributed by atoms with Crippen molar-refractivity contribution in [2.24, 2.45) is 0 Å². The maximum atomic E-state index is 9.82. The number of hydrogen-bond acceptors (Lipinski definition) is 3. The summed E-state index contributed by atoms with van der Waals surface area (Å²) in [5, 5.41) is 9.82. The molecular weight excluding hydrogens is 156 g/mol. The Labute approximate surface area is 74.7 Å². The van der Waals surface area contributed by atoms with E-state index >= 15 is 0 Å². The zero-order valence-electron chi connectivity index (χ0n) is 8.46. The van der Waals surface area contributed by atoms with Crippen molar-refractivity contribution in [3.05, 3.63) is 0 Å². The third-order valence-electron chi connectivity index (χ3n) is 1.76. The van der Waals surface area contributed by atoms with Crippen LogP contribution in [0.3, 0.4) is 0 Å². The van der Waals surface area contributed by atoms with Crippen molar-refractivity contribution in [3.8, 4) is 0 Å². The molecule has 74 valence electrons. The average molecular weight is 176 g/mol. The molecule has 0 radical (unpaired) electrons. The molecule has 0 aromatic carbocycles. The van der Waals surface area contributed by atoms with Crippen molar-refractivity contribution < 1.29 is 14.6 Å². The van der Waals surface area contributed by atoms with E-state index in [-0.39, 0.29) is 6.10 Å². The molecule has 0 rings (SSSR count). The van der Waals surface area contributed by atoms with Crippen LogP contribution < -0.4 is 0 Å². The smallest absolute Gasteiger partial charge is 0.111 e. The van der Waals surface area contributed by atoms with Crippen LogP contribution in [-0.4, -0.2) is 37.1 Å². The molecule has 0 heterocycles. The molecule has 1 unspecified atom stereocenters. The third-order valence-corrected chi connectivity index (χ3v) is 1.76. The summed E-state index contributed by atoms with van der Waals surface area (Å²) in [7, 11) is 1.58. The highest BCUT2D eigenvalue weighted by molar-refractivity contribution is 4.75. The van der Waals surface area contributed by atoms with Gasteiger partial charge in [-0.25, -0.2) is 0 Å². The molecule has 0 aliphatic carbocycles. The van der Waals surface area contributed by atoms with Crippen molar-refractivity contribution in [2.75, 3.05) is 20.3 Å². The lowest BCUT2D eigenvalue weighted by Crippen LogP contribution is -2.39. The van der Waals surface area contributed by atoms with Crippen LogP contribution in [0.25, 0.3) is 0 Å². The third kappa shape index (κ3) is 4.70. The van der Waals surface area contributed by atoms with Gasteiger partial charge >= 0.3 is 0 Å². The number of ether oxygens (including phenoxy) is 2. The molecule has 12 heavy (non-hydrogen) atoms. The summed E-state index contributed by atoms with van der Waals surface area (Å²) >= 11 is 0. The Morgan fingerprint density at radius 1 is 1.33 bits per heavy atom. The zero-order chi connectivity index (χ0) is 9.61. The van der Waals surface area contributed by atoms with Crippen LogP contribution in [0.2, 0.25) is 0 Å². The first-order valence-corrected chi connectivity index (χ1v) is 4.37. The van der Waals surface area contributed by atoms with Gasteiger partial charge in [-0.3, -0.25) is 0 Å². The van der Waals surface area contributed by atoms with Crippen molar-refractivity contribution >= 4 is 0 Å². The van der Waals surface area contributed by atoms with Crippen molar-refractivity contribution in [1.29, 1.82) is 0 Å². The molecule has 3 nitrogen and oxygen atoms in total. The molecule has 0 saturated carbocycles. The molecule has 0 aromatic rings. The first-order valence-electron chi connectivity index (χ1n) is 4.37. The number of rotatable bonds is 6. The summed E-state index contributed by atoms with van der Waals surface area (Å²) in [6.07, 6.45) is 0.799. The number of hydrogen-bond donors (Lipinski definition) is 1. The van der Waals surface area contributed by atoms with E-state index in [4.69, 9.17) is 9.47 Å². The summed E-state index contributed by atoms with van der Waals surface area (Å²) < 4.78 is 10.2. The van der Waals surface area contributed by atoms with E-state index in [2.05, 4.69) is 0 Å². The van der Waals surface area contributed by atoms with Gasteiger partial charge in [0, 0.05) is 7.11 Å². The normalized spacial score (nSPS) is 16.5. The first-order chi connectivity index (χ1) is 5.54. The Morgan fingerprint density at radius 3 is 2.25 bits per heavy atom. The van der Waals surface area contributed by atoms with E-state index in [1.165, 1.54) is 0 Å². The molecular formula is C9H20O3. The second kappa shape index (κ2) is 5.51. The van der Waals surface area contributed by atoms with Gasteiger partial charge in [-0.2, -0.15) is 0 Å². The molecule has 0 saturated heterocycles. The van der Waals surface area contributed by atoms with E-state index in [9.17, 15) is 5.11 Å². The van der Waals surface area contributed by atoms with Crippen molar-refractivity contribution in [1.82, 2.24) is 0 Å². The minimum Gasteiger partial charge on any atom is -0.385 e. The molecule has 0 spiro atoms. The second-order valence-electron chi connectivity index (χ2n) is 3.37. The Balaban J connectivity index is 3.78. The molecule has 0 aliphatic heterocycles. The Kier molecular flexibility index (Phi) is 5.46. The van der Waals surface area contributed by atoms with Gasteiger partial charge in [0.05, 0.1) is 19.3 Å². The minimum absolute atomic E-state index is 0.153. The van der Waals surface area contributed by atoms with Crippen LogP contribution in [0, 0.1) is 0 Å². The van der Waals surface area contributed by atoms with Gasteiger partial charge < -0.3 is 14.6 Å². The van der Waals surface area contributed by atoms with Gasteiger partial charge in [0.25, 0.3) is 0 Å². The molecule has 0 aromatic heterocycles. The molecule has 0 bridgehead atoms. The molecule has 1 N–H and O–H groups in total. The maximum Gasteiger partial charge on any atom is 0.111 e. The number of methoxy groups -OCH3 is 1. The van der Waals surface area contributed by atoms with Crippen molar-refractivity contribution in [2.45, 2.75) is 38.9 Å². The van der Waals surface area contributed by atoms with Crippen LogP contribution in [-0.2, 0) is 9.47 Å². The topological polar surface area (TPSA) is 38.7 Å². The van der Waals surface area contributed by atoms with E-state index in [1.807, 2.05) is 20.8 Å². The SMILES string of the molecule is CCC(O)(COC)COC(C)C. The van der Waals surface area contributed by atoms with Crippen LogP contribution >= 0.6 is 0 Å². The molecule has 0 amide bonds. The van der Waals surface area contributed by atoms with Crippen molar-refractivity contribution in [3.63, 3.8) is 0 Å². The summed E-state index contributed by atoms with van der Waals surface area (Å²) in [6, 6.07) is 0. The largest absolute Gasteiger partial charge is 0.385 e. The number of aliphatic hydroxyl groups is 1. The summed E-state index contributed by atoms with van der Waals surface area (Å²) in [5.41, 5.74) is -0.820. The highest BCUT2D eigenvalue weighted by Gasteiger charge is 2.25. The highest BCUT2D eigenvalue weighted by atomic mass is 16.5. The van der Waals surface area contributed by atoms with E-state index in [0.29, 0.717) is 19.6 Å². The lowest BCUT2D eigenvalue weighted by Gasteiger charge is -2.26. The second-order valence-corrected chi connectivity index (χ2v) is 3.37. The average Bonchev–Trinajstić information content (AvgIpc) is 2.02. The predicted octanol–water partition coefficient (Wildman–Crippen LogP) is 1.20. The standard InChI is InChI=1S/C9H20O3/c1-5-9(10,6-11-4)7-12-8(2)3/h8,10H,5-7H2,1-4H3. The summed E-state index contributed by atoms with van der Waals surface area (Å²) in [5.74, 6) is 0. The van der Waals surface area contributed by atoms with Crippen LogP contribution in [0.1, 0.15) is 27.2 Å². The van der Waals surface area contributed by atoms with Gasteiger partial charge in [0.15, 0.2) is 0 Å². The zero-order valence-corrected chi connectivity index (χ0v) is 8.46. The minimum atomic E-state index is -0.820. The van der Waals surface area contributed by atoms with E-state index in [0.717, 1.165) is 0 Å². The summed E-state index contributed by atoms with van der Waals surface area (Å²) in [4.78, 5) is 0. The fourth-order valence-corrected chi connectivity index (χ4v) is 0.836. The van der Waals surface area contributed by atoms with Crippen LogP contribution in [0.5, 0.6) is 0 Å². The van der Waals surface area contributed by atoms with Gasteiger partial charge in [-0.15, -0.1) is 0 Å². The molecule has 0 fully saturated rings. The Morgan fingerprint density at radius 2 is 1.92 bits per heavy atom. The monoisotopic (exact) mass is 176 g/mol. The fraction of sp³-hybridized carbons (Fsp3) is 1.00. The van der Waals surface area contributed by atoms with Crippen LogP contribution in [0.4, 0.5) is 0 Å². The van der Waals surface area contributed by atoms with Gasteiger partial charge in [0.2, 0.25) is 0 Å². The van der Waals surface area contributed by atoms with E-state index in [1.54, 1.807) is 7.11 Å². The van der Waals surface area contributed by atoms with E-state index < -0.39 is 5.60 Å². The van der Waals surface area contributed by atoms with Gasteiger partial charge in [0.1, 0.15) is 5.60 Å². The lowest BCUT2D eigenvalue weighted by atomic mass is 10.0. The van der Waals surface area contributed by atoms with Gasteiger partial charge in [-0.1, -0.05) is 6.92 Å². The Bertz CT molecular complexity index is 114. The van der Waals surface area contributed by atoms with Gasteiger partial charge in [-0.05, 0) is 20.3 Å². The lowest BCUT2D eigenvalue weighted by molar-refractivity contribution is -0.101. The Hall–Kier alpha value is -0.120. The quantitative estimate of drug-likeness (QED) is 0.661. The molecule has 3 heteroatoms. The van der Waals surface area contributed by atoms with Crippen LogP contribution in [0.15, 0.2) is 0 Å². The maximum absolute atomic E-state index is 9.82. The first kappa shape index (κ1) is 11.9.